The minimum absolute atomic E-state index is 0.131. The van der Waals surface area contributed by atoms with E-state index >= 15 is 0 Å². The van der Waals surface area contributed by atoms with Crippen molar-refractivity contribution in [1.82, 2.24) is 5.32 Å². The number of aromatic carboxylic acids is 1. The van der Waals surface area contributed by atoms with Gasteiger partial charge in [0.05, 0.1) is 16.2 Å². The Morgan fingerprint density at radius 3 is 2.41 bits per heavy atom. The van der Waals surface area contributed by atoms with Gasteiger partial charge in [0.25, 0.3) is 5.69 Å². The Bertz CT molecular complexity index is 599. The third-order valence-electron chi connectivity index (χ3n) is 2.43. The lowest BCUT2D eigenvalue weighted by atomic mass is 10.2. The zero-order chi connectivity index (χ0) is 16.9. The van der Waals surface area contributed by atoms with Crippen LogP contribution in [0.4, 0.5) is 16.2 Å². The molecule has 11 heteroatoms. The van der Waals surface area contributed by atoms with E-state index in [0.717, 1.165) is 18.2 Å². The fourth-order valence-electron chi connectivity index (χ4n) is 1.38. The normalized spacial score (nSPS) is 11.3. The van der Waals surface area contributed by atoms with Crippen LogP contribution in [0.15, 0.2) is 18.2 Å². The van der Waals surface area contributed by atoms with E-state index in [2.05, 4.69) is 10.6 Å². The van der Waals surface area contributed by atoms with Crippen molar-refractivity contribution in [3.63, 3.8) is 0 Å². The first-order valence-electron chi connectivity index (χ1n) is 5.76. The average molecular weight is 312 g/mol. The van der Waals surface area contributed by atoms with Crippen LogP contribution in [0.2, 0.25) is 0 Å². The molecule has 0 spiro atoms. The molecule has 0 aliphatic carbocycles. The van der Waals surface area contributed by atoms with Gasteiger partial charge in [-0.1, -0.05) is 0 Å². The highest BCUT2D eigenvalue weighted by Gasteiger charge is 2.16. The summed E-state index contributed by atoms with van der Waals surface area (Å²) in [6.45, 7) is -0.373. The number of hydrogen-bond donors (Lipinski definition) is 5. The largest absolute Gasteiger partial charge is 0.480 e. The quantitative estimate of drug-likeness (QED) is 0.353. The van der Waals surface area contributed by atoms with Crippen LogP contribution in [0.1, 0.15) is 10.4 Å². The molecule has 1 atom stereocenters. The summed E-state index contributed by atoms with van der Waals surface area (Å²) in [5, 5.41) is 32.4. The fraction of sp³-hybridized carbons (Fsp3) is 0.182. The monoisotopic (exact) mass is 312 g/mol. The second kappa shape index (κ2) is 6.99. The van der Waals surface area contributed by atoms with Gasteiger partial charge in [-0.25, -0.2) is 9.59 Å². The molecular weight excluding hydrogens is 300 g/mol. The van der Waals surface area contributed by atoms with Gasteiger partial charge in [-0.15, -0.1) is 0 Å². The molecule has 0 aromatic heterocycles. The van der Waals surface area contributed by atoms with Crippen LogP contribution >= 0.6 is 0 Å². The number of carboxylic acid groups (broad SMARTS) is 2. The number of nitro groups is 1. The Morgan fingerprint density at radius 2 is 1.91 bits per heavy atom. The Morgan fingerprint density at radius 1 is 1.27 bits per heavy atom. The molecule has 0 fully saturated rings. The molecule has 0 heterocycles. The number of benzene rings is 1. The molecule has 22 heavy (non-hydrogen) atoms. The molecule has 6 N–H and O–H groups in total. The number of urea groups is 1. The maximum absolute atomic E-state index is 11.5. The van der Waals surface area contributed by atoms with E-state index in [4.69, 9.17) is 15.9 Å². The van der Waals surface area contributed by atoms with Gasteiger partial charge >= 0.3 is 18.0 Å². The molecular formula is C11H12N4O7. The summed E-state index contributed by atoms with van der Waals surface area (Å²) in [6.07, 6.45) is 0. The molecule has 1 aromatic carbocycles. The third-order valence-corrected chi connectivity index (χ3v) is 2.43. The van der Waals surface area contributed by atoms with Gasteiger partial charge in [0, 0.05) is 18.7 Å². The van der Waals surface area contributed by atoms with E-state index < -0.39 is 34.6 Å². The number of rotatable bonds is 6. The molecule has 2 amide bonds. The molecule has 11 nitrogen and oxygen atoms in total. The van der Waals surface area contributed by atoms with Crippen molar-refractivity contribution in [2.45, 2.75) is 6.04 Å². The molecule has 0 saturated heterocycles. The van der Waals surface area contributed by atoms with E-state index in [1.165, 1.54) is 0 Å². The van der Waals surface area contributed by atoms with E-state index in [1.54, 1.807) is 0 Å². The van der Waals surface area contributed by atoms with Gasteiger partial charge in [-0.05, 0) is 6.07 Å². The number of carbonyl (C=O) groups excluding carboxylic acids is 1. The van der Waals surface area contributed by atoms with E-state index in [1.807, 2.05) is 0 Å². The molecule has 0 aliphatic heterocycles. The van der Waals surface area contributed by atoms with Gasteiger partial charge in [-0.2, -0.15) is 0 Å². The first kappa shape index (κ1) is 16.8. The molecule has 0 aliphatic rings. The SMILES string of the molecule is NC(CNC(=O)Nc1cc(C(=O)O)cc([N+](=O)[O-])c1)C(=O)O. The number of nitrogens with zero attached hydrogens (tertiary/aromatic N) is 1. The Hall–Kier alpha value is -3.21. The molecule has 1 aromatic rings. The number of carboxylic acids is 2. The second-order valence-electron chi connectivity index (χ2n) is 4.11. The van der Waals surface area contributed by atoms with E-state index in [9.17, 15) is 24.5 Å². The van der Waals surface area contributed by atoms with Crippen LogP contribution in [0.25, 0.3) is 0 Å². The number of amides is 2. The standard InChI is InChI=1S/C11H12N4O7/c12-8(10(18)19)4-13-11(20)14-6-1-5(9(16)17)2-7(3-6)15(21)22/h1-3,8H,4,12H2,(H,16,17)(H,18,19)(H2,13,14,20). The summed E-state index contributed by atoms with van der Waals surface area (Å²) in [5.41, 5.74) is 4.15. The summed E-state index contributed by atoms with van der Waals surface area (Å²) < 4.78 is 0. The van der Waals surface area contributed by atoms with Gasteiger partial charge in [0.1, 0.15) is 6.04 Å². The van der Waals surface area contributed by atoms with Gasteiger partial charge in [0.15, 0.2) is 0 Å². The smallest absolute Gasteiger partial charge is 0.336 e. The van der Waals surface area contributed by atoms with Crippen molar-refractivity contribution >= 4 is 29.3 Å². The zero-order valence-corrected chi connectivity index (χ0v) is 11.0. The predicted octanol–water partition coefficient (Wildman–Crippen LogP) is -0.174. The Labute approximate surface area is 122 Å². The third kappa shape index (κ3) is 4.72. The summed E-state index contributed by atoms with van der Waals surface area (Å²) in [7, 11) is 0. The Balaban J connectivity index is 2.84. The van der Waals surface area contributed by atoms with Crippen LogP contribution in [-0.2, 0) is 4.79 Å². The molecule has 1 rings (SSSR count). The summed E-state index contributed by atoms with van der Waals surface area (Å²) in [4.78, 5) is 42.8. The van der Waals surface area contributed by atoms with Crippen LogP contribution in [-0.4, -0.2) is 45.7 Å². The van der Waals surface area contributed by atoms with Gasteiger partial charge < -0.3 is 26.6 Å². The zero-order valence-electron chi connectivity index (χ0n) is 11.0. The van der Waals surface area contributed by atoms with Crippen LogP contribution in [0.5, 0.6) is 0 Å². The predicted molar refractivity (Wildman–Crippen MR) is 72.7 cm³/mol. The highest BCUT2D eigenvalue weighted by atomic mass is 16.6. The summed E-state index contributed by atoms with van der Waals surface area (Å²) in [5.74, 6) is -2.72. The molecule has 0 saturated carbocycles. The highest BCUT2D eigenvalue weighted by molar-refractivity contribution is 5.94. The number of nitrogens with two attached hydrogens (primary N) is 1. The number of non-ortho nitro benzene ring substituents is 1. The lowest BCUT2D eigenvalue weighted by molar-refractivity contribution is -0.384. The molecule has 1 unspecified atom stereocenters. The topological polar surface area (TPSA) is 185 Å². The number of nitrogens with one attached hydrogen (secondary N) is 2. The highest BCUT2D eigenvalue weighted by Crippen LogP contribution is 2.21. The molecule has 0 bridgehead atoms. The number of aliphatic carboxylic acids is 1. The molecule has 118 valence electrons. The van der Waals surface area contributed by atoms with Crippen molar-refractivity contribution in [1.29, 1.82) is 0 Å². The van der Waals surface area contributed by atoms with Crippen molar-refractivity contribution in [3.05, 3.63) is 33.9 Å². The molecule has 0 radical (unpaired) electrons. The van der Waals surface area contributed by atoms with Crippen molar-refractivity contribution in [3.8, 4) is 0 Å². The summed E-state index contributed by atoms with van der Waals surface area (Å²) >= 11 is 0. The maximum atomic E-state index is 11.5. The average Bonchev–Trinajstić information content (AvgIpc) is 2.43. The number of hydrogen-bond acceptors (Lipinski definition) is 6. The van der Waals surface area contributed by atoms with E-state index in [-0.39, 0.29) is 17.8 Å². The van der Waals surface area contributed by atoms with Crippen LogP contribution in [0.3, 0.4) is 0 Å². The lowest BCUT2D eigenvalue weighted by Gasteiger charge is -2.10. The Kier molecular flexibility index (Phi) is 5.35. The van der Waals surface area contributed by atoms with Gasteiger partial charge in [0.2, 0.25) is 0 Å². The van der Waals surface area contributed by atoms with Crippen molar-refractivity contribution in [2.24, 2.45) is 5.73 Å². The minimum Gasteiger partial charge on any atom is -0.480 e. The minimum atomic E-state index is -1.40. The maximum Gasteiger partial charge on any atom is 0.336 e. The van der Waals surface area contributed by atoms with Gasteiger partial charge in [-0.3, -0.25) is 14.9 Å². The van der Waals surface area contributed by atoms with Crippen molar-refractivity contribution < 1.29 is 29.5 Å². The summed E-state index contributed by atoms with van der Waals surface area (Å²) in [6, 6.07) is 0.625. The van der Waals surface area contributed by atoms with Crippen LogP contribution < -0.4 is 16.4 Å². The number of carbonyl (C=O) groups is 3. The lowest BCUT2D eigenvalue weighted by Crippen LogP contribution is -2.43. The number of nitro benzene ring substituents is 1. The second-order valence-corrected chi connectivity index (χ2v) is 4.11. The first-order valence-corrected chi connectivity index (χ1v) is 5.76. The fourth-order valence-corrected chi connectivity index (χ4v) is 1.38. The van der Waals surface area contributed by atoms with E-state index in [0.29, 0.717) is 0 Å². The van der Waals surface area contributed by atoms with Crippen molar-refractivity contribution in [2.75, 3.05) is 11.9 Å². The number of anilines is 1. The first-order chi connectivity index (χ1) is 10.2. The van der Waals surface area contributed by atoms with Crippen LogP contribution in [0, 0.1) is 10.1 Å².